The average molecular weight is 243 g/mol. The summed E-state index contributed by atoms with van der Waals surface area (Å²) in [6.07, 6.45) is 2.93. The lowest BCUT2D eigenvalue weighted by Crippen LogP contribution is -2.55. The monoisotopic (exact) mass is 243 g/mol. The summed E-state index contributed by atoms with van der Waals surface area (Å²) in [5.74, 6) is -0.255. The lowest BCUT2D eigenvalue weighted by Gasteiger charge is -2.30. The third-order valence-corrected chi connectivity index (χ3v) is 3.16. The number of carbonyl (C=O) groups is 1. The zero-order valence-electron chi connectivity index (χ0n) is 12.0. The minimum atomic E-state index is -0.570. The van der Waals surface area contributed by atoms with Crippen molar-refractivity contribution in [2.75, 3.05) is 20.1 Å². The molecule has 17 heavy (non-hydrogen) atoms. The molecule has 0 aromatic rings. The Balaban J connectivity index is 4.06. The van der Waals surface area contributed by atoms with Gasteiger partial charge in [-0.25, -0.2) is 0 Å². The van der Waals surface area contributed by atoms with Crippen LogP contribution in [0.5, 0.6) is 0 Å². The Labute approximate surface area is 106 Å². The SMILES string of the molecule is CCN(C)CCCCC(C)(NC(C)C)C(N)=O. The fourth-order valence-corrected chi connectivity index (χ4v) is 1.92. The molecule has 1 atom stereocenters. The zero-order valence-corrected chi connectivity index (χ0v) is 12.0. The van der Waals surface area contributed by atoms with Gasteiger partial charge in [0.1, 0.15) is 0 Å². The number of nitrogens with zero attached hydrogens (tertiary/aromatic N) is 1. The molecule has 0 aliphatic heterocycles. The van der Waals surface area contributed by atoms with Crippen LogP contribution in [-0.2, 0) is 4.79 Å². The average Bonchev–Trinajstić information content (AvgIpc) is 2.22. The highest BCUT2D eigenvalue weighted by molar-refractivity contribution is 5.84. The number of nitrogens with two attached hydrogens (primary N) is 1. The molecule has 1 amide bonds. The first kappa shape index (κ1) is 16.4. The molecule has 3 N–H and O–H groups in total. The van der Waals surface area contributed by atoms with Crippen LogP contribution in [0.2, 0.25) is 0 Å². The molecular formula is C13H29N3O. The number of hydrogen-bond donors (Lipinski definition) is 2. The van der Waals surface area contributed by atoms with Gasteiger partial charge in [0.2, 0.25) is 5.91 Å². The number of amides is 1. The molecule has 0 heterocycles. The number of carbonyl (C=O) groups excluding carboxylic acids is 1. The van der Waals surface area contributed by atoms with Crippen molar-refractivity contribution in [1.82, 2.24) is 10.2 Å². The Hall–Kier alpha value is -0.610. The minimum absolute atomic E-state index is 0.255. The third kappa shape index (κ3) is 6.64. The van der Waals surface area contributed by atoms with Gasteiger partial charge in [0.25, 0.3) is 0 Å². The van der Waals surface area contributed by atoms with Gasteiger partial charge >= 0.3 is 0 Å². The van der Waals surface area contributed by atoms with Crippen LogP contribution >= 0.6 is 0 Å². The van der Waals surface area contributed by atoms with Crippen molar-refractivity contribution in [3.63, 3.8) is 0 Å². The van der Waals surface area contributed by atoms with Crippen LogP contribution < -0.4 is 11.1 Å². The normalized spacial score (nSPS) is 15.2. The van der Waals surface area contributed by atoms with Crippen molar-refractivity contribution in [2.45, 2.75) is 58.5 Å². The van der Waals surface area contributed by atoms with E-state index in [1.165, 1.54) is 0 Å². The quantitative estimate of drug-likeness (QED) is 0.601. The van der Waals surface area contributed by atoms with Gasteiger partial charge in [-0.15, -0.1) is 0 Å². The molecule has 0 fully saturated rings. The molecule has 0 spiro atoms. The molecule has 0 aliphatic rings. The maximum atomic E-state index is 11.5. The Kier molecular flexibility index (Phi) is 7.39. The van der Waals surface area contributed by atoms with E-state index < -0.39 is 5.54 Å². The fraction of sp³-hybridized carbons (Fsp3) is 0.923. The van der Waals surface area contributed by atoms with Gasteiger partial charge in [-0.3, -0.25) is 4.79 Å². The van der Waals surface area contributed by atoms with E-state index in [0.717, 1.165) is 32.4 Å². The van der Waals surface area contributed by atoms with Gasteiger partial charge in [-0.05, 0) is 60.2 Å². The summed E-state index contributed by atoms with van der Waals surface area (Å²) in [5.41, 5.74) is 4.91. The van der Waals surface area contributed by atoms with E-state index in [4.69, 9.17) is 5.73 Å². The topological polar surface area (TPSA) is 58.4 Å². The molecule has 0 radical (unpaired) electrons. The van der Waals surface area contributed by atoms with E-state index in [1.54, 1.807) is 0 Å². The van der Waals surface area contributed by atoms with E-state index in [1.807, 2.05) is 20.8 Å². The van der Waals surface area contributed by atoms with E-state index in [2.05, 4.69) is 24.2 Å². The molecule has 4 nitrogen and oxygen atoms in total. The van der Waals surface area contributed by atoms with Crippen LogP contribution in [-0.4, -0.2) is 42.5 Å². The van der Waals surface area contributed by atoms with Crippen molar-refractivity contribution in [3.05, 3.63) is 0 Å². The van der Waals surface area contributed by atoms with E-state index in [9.17, 15) is 4.79 Å². The van der Waals surface area contributed by atoms with Crippen LogP contribution in [0, 0.1) is 0 Å². The number of primary amides is 1. The first-order chi connectivity index (χ1) is 7.81. The predicted octanol–water partition coefficient (Wildman–Crippen LogP) is 1.35. The molecule has 0 saturated carbocycles. The summed E-state index contributed by atoms with van der Waals surface area (Å²) in [6, 6.07) is 0.269. The summed E-state index contributed by atoms with van der Waals surface area (Å²) in [5, 5.41) is 3.27. The summed E-state index contributed by atoms with van der Waals surface area (Å²) >= 11 is 0. The Morgan fingerprint density at radius 2 is 2.00 bits per heavy atom. The number of nitrogens with one attached hydrogen (secondary N) is 1. The van der Waals surface area contributed by atoms with Crippen molar-refractivity contribution in [1.29, 1.82) is 0 Å². The molecule has 1 unspecified atom stereocenters. The van der Waals surface area contributed by atoms with Crippen LogP contribution in [0.3, 0.4) is 0 Å². The van der Waals surface area contributed by atoms with Crippen molar-refractivity contribution >= 4 is 5.91 Å². The second-order valence-electron chi connectivity index (χ2n) is 5.35. The molecule has 0 aromatic carbocycles. The molecule has 0 aromatic heterocycles. The second-order valence-corrected chi connectivity index (χ2v) is 5.35. The largest absolute Gasteiger partial charge is 0.368 e. The standard InChI is InChI=1S/C13H29N3O/c1-6-16(5)10-8-7-9-13(4,12(14)17)15-11(2)3/h11,15H,6-10H2,1-5H3,(H2,14,17). The molecule has 0 aliphatic carbocycles. The van der Waals surface area contributed by atoms with Crippen molar-refractivity contribution in [2.24, 2.45) is 5.73 Å². The summed E-state index contributed by atoms with van der Waals surface area (Å²) < 4.78 is 0. The molecule has 0 rings (SSSR count). The lowest BCUT2D eigenvalue weighted by atomic mass is 9.93. The highest BCUT2D eigenvalue weighted by atomic mass is 16.1. The van der Waals surface area contributed by atoms with Gasteiger partial charge in [0, 0.05) is 6.04 Å². The smallest absolute Gasteiger partial charge is 0.237 e. The van der Waals surface area contributed by atoms with Gasteiger partial charge in [-0.2, -0.15) is 0 Å². The first-order valence-corrected chi connectivity index (χ1v) is 6.58. The van der Waals surface area contributed by atoms with E-state index >= 15 is 0 Å². The second kappa shape index (κ2) is 7.67. The number of hydrogen-bond acceptors (Lipinski definition) is 3. The van der Waals surface area contributed by atoms with Crippen LogP contribution in [0.15, 0.2) is 0 Å². The molecule has 0 bridgehead atoms. The fourth-order valence-electron chi connectivity index (χ4n) is 1.92. The molecule has 0 saturated heterocycles. The van der Waals surface area contributed by atoms with E-state index in [-0.39, 0.29) is 11.9 Å². The van der Waals surface area contributed by atoms with Crippen LogP contribution in [0.4, 0.5) is 0 Å². The van der Waals surface area contributed by atoms with Gasteiger partial charge in [0.05, 0.1) is 5.54 Å². The highest BCUT2D eigenvalue weighted by Gasteiger charge is 2.30. The zero-order chi connectivity index (χ0) is 13.5. The van der Waals surface area contributed by atoms with Crippen LogP contribution in [0.25, 0.3) is 0 Å². The highest BCUT2D eigenvalue weighted by Crippen LogP contribution is 2.14. The summed E-state index contributed by atoms with van der Waals surface area (Å²) in [4.78, 5) is 13.8. The molecular weight excluding hydrogens is 214 g/mol. The van der Waals surface area contributed by atoms with Gasteiger partial charge < -0.3 is 16.0 Å². The predicted molar refractivity (Wildman–Crippen MR) is 72.9 cm³/mol. The minimum Gasteiger partial charge on any atom is -0.368 e. The number of unbranched alkanes of at least 4 members (excludes halogenated alkanes) is 1. The van der Waals surface area contributed by atoms with Gasteiger partial charge in [0.15, 0.2) is 0 Å². The molecule has 102 valence electrons. The Morgan fingerprint density at radius 3 is 2.41 bits per heavy atom. The first-order valence-electron chi connectivity index (χ1n) is 6.58. The van der Waals surface area contributed by atoms with Crippen molar-refractivity contribution < 1.29 is 4.79 Å². The summed E-state index contributed by atoms with van der Waals surface area (Å²) in [7, 11) is 2.11. The third-order valence-electron chi connectivity index (χ3n) is 3.16. The van der Waals surface area contributed by atoms with Gasteiger partial charge in [-0.1, -0.05) is 6.92 Å². The number of rotatable bonds is 9. The van der Waals surface area contributed by atoms with E-state index in [0.29, 0.717) is 0 Å². The maximum Gasteiger partial charge on any atom is 0.237 e. The Bertz CT molecular complexity index is 231. The maximum absolute atomic E-state index is 11.5. The van der Waals surface area contributed by atoms with Crippen molar-refractivity contribution in [3.8, 4) is 0 Å². The summed E-state index contributed by atoms with van der Waals surface area (Å²) in [6.45, 7) is 10.3. The Morgan fingerprint density at radius 1 is 1.41 bits per heavy atom. The lowest BCUT2D eigenvalue weighted by molar-refractivity contribution is -0.124. The molecule has 4 heteroatoms. The van der Waals surface area contributed by atoms with Crippen LogP contribution in [0.1, 0.15) is 47.0 Å².